The van der Waals surface area contributed by atoms with Crippen LogP contribution in [0.15, 0.2) is 186 Å². The Morgan fingerprint density at radius 3 is 1.87 bits per heavy atom. The van der Waals surface area contributed by atoms with Crippen LogP contribution in [0.2, 0.25) is 0 Å². The number of fused-ring (bicyclic) bond motifs is 9. The highest BCUT2D eigenvalue weighted by atomic mass is 32.1. The Bertz CT molecular complexity index is 3090. The van der Waals surface area contributed by atoms with Crippen molar-refractivity contribution >= 4 is 92.3 Å². The number of para-hydroxylation sites is 5. The summed E-state index contributed by atoms with van der Waals surface area (Å²) in [7, 11) is 0. The van der Waals surface area contributed by atoms with Crippen LogP contribution in [0.5, 0.6) is 0 Å². The van der Waals surface area contributed by atoms with Crippen molar-refractivity contribution in [1.29, 1.82) is 0 Å². The molecule has 11 rings (SSSR count). The molecule has 0 aliphatic carbocycles. The second-order valence-electron chi connectivity index (χ2n) is 13.3. The highest BCUT2D eigenvalue weighted by Crippen LogP contribution is 2.45. The molecule has 0 unspecified atom stereocenters. The van der Waals surface area contributed by atoms with Gasteiger partial charge in [0.1, 0.15) is 5.58 Å². The van der Waals surface area contributed by atoms with Gasteiger partial charge in [-0.1, -0.05) is 121 Å². The van der Waals surface area contributed by atoms with E-state index < -0.39 is 0 Å². The highest BCUT2D eigenvalue weighted by Gasteiger charge is 2.21. The lowest BCUT2D eigenvalue weighted by atomic mass is 10.0. The van der Waals surface area contributed by atoms with E-state index >= 15 is 0 Å². The number of furan rings is 1. The lowest BCUT2D eigenvalue weighted by Gasteiger charge is -2.26. The first-order valence-corrected chi connectivity index (χ1v) is 18.4. The second kappa shape index (κ2) is 11.5. The zero-order valence-corrected chi connectivity index (χ0v) is 28.8. The maximum Gasteiger partial charge on any atom is 0.159 e. The van der Waals surface area contributed by atoms with Gasteiger partial charge in [-0.25, -0.2) is 0 Å². The van der Waals surface area contributed by atoms with Gasteiger partial charge < -0.3 is 13.9 Å². The Kier molecular flexibility index (Phi) is 6.42. The molecular formula is C48H30N2OS. The predicted molar refractivity (Wildman–Crippen MR) is 221 cm³/mol. The van der Waals surface area contributed by atoms with Crippen molar-refractivity contribution in [3.63, 3.8) is 0 Å². The van der Waals surface area contributed by atoms with Gasteiger partial charge in [-0.15, -0.1) is 11.3 Å². The molecule has 0 aliphatic heterocycles. The SMILES string of the molecule is c1ccc(-n2c3ccccc3c3ccccc32)c(-c2ccc(N(c3ccc4c(c3)sc3ccccc34)c3cccc4c3oc3ccccc34)cc2)c1. The van der Waals surface area contributed by atoms with Gasteiger partial charge in [-0.2, -0.15) is 0 Å². The fourth-order valence-electron chi connectivity index (χ4n) is 8.07. The summed E-state index contributed by atoms with van der Waals surface area (Å²) >= 11 is 1.84. The van der Waals surface area contributed by atoms with Crippen molar-refractivity contribution in [1.82, 2.24) is 4.57 Å². The third kappa shape index (κ3) is 4.38. The summed E-state index contributed by atoms with van der Waals surface area (Å²) in [5.74, 6) is 0. The monoisotopic (exact) mass is 682 g/mol. The summed E-state index contributed by atoms with van der Waals surface area (Å²) in [4.78, 5) is 2.34. The van der Waals surface area contributed by atoms with Crippen LogP contribution in [0.4, 0.5) is 17.1 Å². The Balaban J connectivity index is 1.09. The highest BCUT2D eigenvalue weighted by molar-refractivity contribution is 7.25. The fraction of sp³-hybridized carbons (Fsp3) is 0. The smallest absolute Gasteiger partial charge is 0.159 e. The average Bonchev–Trinajstić information content (AvgIpc) is 3.88. The van der Waals surface area contributed by atoms with Gasteiger partial charge in [0.05, 0.1) is 22.4 Å². The standard InChI is InChI=1S/C48H30N2OS/c1-6-18-41(50-42-19-7-2-13-35(42)36-14-3-8-20-43(36)50)34(12-1)31-24-26-32(27-25-31)49(33-28-29-39-38-16-5-10-23-46(38)52-47(39)30-33)44-21-11-17-40-37-15-4-9-22-45(37)51-48(40)44/h1-30H. The first-order chi connectivity index (χ1) is 25.8. The van der Waals surface area contributed by atoms with Crippen molar-refractivity contribution < 1.29 is 4.42 Å². The van der Waals surface area contributed by atoms with Gasteiger partial charge in [0, 0.05) is 58.7 Å². The van der Waals surface area contributed by atoms with E-state index in [1.54, 1.807) is 0 Å². The molecule has 8 aromatic carbocycles. The predicted octanol–water partition coefficient (Wildman–Crippen LogP) is 14.2. The number of benzene rings is 8. The van der Waals surface area contributed by atoms with Gasteiger partial charge >= 0.3 is 0 Å². The van der Waals surface area contributed by atoms with Crippen LogP contribution >= 0.6 is 11.3 Å². The van der Waals surface area contributed by atoms with E-state index in [9.17, 15) is 0 Å². The third-order valence-corrected chi connectivity index (χ3v) is 11.5. The zero-order chi connectivity index (χ0) is 34.2. The van der Waals surface area contributed by atoms with E-state index in [0.717, 1.165) is 50.3 Å². The molecule has 11 aromatic rings. The number of thiophene rings is 1. The molecule has 244 valence electrons. The van der Waals surface area contributed by atoms with Crippen molar-refractivity contribution in [3.05, 3.63) is 182 Å². The van der Waals surface area contributed by atoms with Crippen LogP contribution in [0.3, 0.4) is 0 Å². The molecule has 0 saturated heterocycles. The molecule has 0 N–H and O–H groups in total. The Labute approximate surface area is 303 Å². The van der Waals surface area contributed by atoms with E-state index in [-0.39, 0.29) is 0 Å². The van der Waals surface area contributed by atoms with Crippen LogP contribution in [-0.4, -0.2) is 4.57 Å². The second-order valence-corrected chi connectivity index (χ2v) is 14.4. The van der Waals surface area contributed by atoms with Gasteiger partial charge in [0.25, 0.3) is 0 Å². The van der Waals surface area contributed by atoms with Gasteiger partial charge in [0.2, 0.25) is 0 Å². The third-order valence-electron chi connectivity index (χ3n) is 10.4. The van der Waals surface area contributed by atoms with E-state index in [1.165, 1.54) is 47.5 Å². The lowest BCUT2D eigenvalue weighted by Crippen LogP contribution is -2.10. The van der Waals surface area contributed by atoms with Crippen LogP contribution in [-0.2, 0) is 0 Å². The summed E-state index contributed by atoms with van der Waals surface area (Å²) in [5.41, 5.74) is 10.8. The van der Waals surface area contributed by atoms with E-state index in [2.05, 4.69) is 185 Å². The number of anilines is 3. The summed E-state index contributed by atoms with van der Waals surface area (Å²) in [5, 5.41) is 7.33. The first-order valence-electron chi connectivity index (χ1n) is 17.6. The molecule has 0 fully saturated rings. The molecular weight excluding hydrogens is 653 g/mol. The van der Waals surface area contributed by atoms with Gasteiger partial charge in [-0.05, 0) is 66.2 Å². The van der Waals surface area contributed by atoms with Crippen molar-refractivity contribution in [3.8, 4) is 16.8 Å². The minimum Gasteiger partial charge on any atom is -0.454 e. The molecule has 3 aromatic heterocycles. The van der Waals surface area contributed by atoms with Gasteiger partial charge in [0.15, 0.2) is 5.58 Å². The molecule has 3 heterocycles. The van der Waals surface area contributed by atoms with E-state index in [0.29, 0.717) is 0 Å². The molecule has 0 saturated carbocycles. The summed E-state index contributed by atoms with van der Waals surface area (Å²) in [6, 6.07) is 65.4. The molecule has 0 aliphatic rings. The van der Waals surface area contributed by atoms with Crippen LogP contribution < -0.4 is 4.90 Å². The first kappa shape index (κ1) is 29.1. The number of aromatic nitrogens is 1. The largest absolute Gasteiger partial charge is 0.454 e. The van der Waals surface area contributed by atoms with Crippen LogP contribution in [0.1, 0.15) is 0 Å². The van der Waals surface area contributed by atoms with Crippen molar-refractivity contribution in [2.45, 2.75) is 0 Å². The molecule has 0 bridgehead atoms. The Morgan fingerprint density at radius 1 is 0.442 bits per heavy atom. The number of hydrogen-bond donors (Lipinski definition) is 0. The summed E-state index contributed by atoms with van der Waals surface area (Å²) in [6.07, 6.45) is 0. The molecule has 0 radical (unpaired) electrons. The number of nitrogens with zero attached hydrogens (tertiary/aromatic N) is 2. The molecule has 0 atom stereocenters. The number of rotatable bonds is 5. The van der Waals surface area contributed by atoms with Crippen LogP contribution in [0.25, 0.3) is 80.7 Å². The normalized spacial score (nSPS) is 11.8. The van der Waals surface area contributed by atoms with Crippen LogP contribution in [0, 0.1) is 0 Å². The lowest BCUT2D eigenvalue weighted by molar-refractivity contribution is 0.669. The molecule has 0 spiro atoms. The number of hydrogen-bond acceptors (Lipinski definition) is 3. The quantitative estimate of drug-likeness (QED) is 0.180. The fourth-order valence-corrected chi connectivity index (χ4v) is 9.21. The topological polar surface area (TPSA) is 21.3 Å². The minimum absolute atomic E-state index is 0.876. The zero-order valence-electron chi connectivity index (χ0n) is 28.0. The van der Waals surface area contributed by atoms with Gasteiger partial charge in [-0.3, -0.25) is 0 Å². The molecule has 3 nitrogen and oxygen atoms in total. The van der Waals surface area contributed by atoms with E-state index in [4.69, 9.17) is 4.42 Å². The van der Waals surface area contributed by atoms with Crippen molar-refractivity contribution in [2.24, 2.45) is 0 Å². The Hall–Kier alpha value is -6.62. The molecule has 0 amide bonds. The average molecular weight is 683 g/mol. The molecule has 4 heteroatoms. The summed E-state index contributed by atoms with van der Waals surface area (Å²) < 4.78 is 11.6. The van der Waals surface area contributed by atoms with Crippen molar-refractivity contribution in [2.75, 3.05) is 4.90 Å². The maximum atomic E-state index is 6.62. The minimum atomic E-state index is 0.876. The maximum absolute atomic E-state index is 6.62. The summed E-state index contributed by atoms with van der Waals surface area (Å²) in [6.45, 7) is 0. The Morgan fingerprint density at radius 2 is 1.06 bits per heavy atom. The van der Waals surface area contributed by atoms with E-state index in [1.807, 2.05) is 17.4 Å². The molecule has 52 heavy (non-hydrogen) atoms.